The van der Waals surface area contributed by atoms with E-state index in [2.05, 4.69) is 17.6 Å². The monoisotopic (exact) mass is 214 g/mol. The molecule has 0 aromatic heterocycles. The lowest BCUT2D eigenvalue weighted by Gasteiger charge is -2.31. The van der Waals surface area contributed by atoms with Crippen LogP contribution in [0.4, 0.5) is 0 Å². The van der Waals surface area contributed by atoms with E-state index < -0.39 is 5.60 Å². The van der Waals surface area contributed by atoms with Crippen LogP contribution < -0.4 is 10.6 Å². The quantitative estimate of drug-likeness (QED) is 0.726. The third-order valence-corrected chi connectivity index (χ3v) is 3.02. The van der Waals surface area contributed by atoms with E-state index in [-0.39, 0.29) is 11.9 Å². The topological polar surface area (TPSA) is 50.4 Å². The SMILES string of the molecule is COC(C)(C)C(=O)NC1CCNC(C)C1. The maximum absolute atomic E-state index is 11.8. The first-order valence-corrected chi connectivity index (χ1v) is 5.55. The summed E-state index contributed by atoms with van der Waals surface area (Å²) in [5, 5.41) is 6.39. The number of hydrogen-bond donors (Lipinski definition) is 2. The molecule has 0 aromatic carbocycles. The van der Waals surface area contributed by atoms with Crippen LogP contribution in [0.5, 0.6) is 0 Å². The number of ether oxygens (including phenoxy) is 1. The first kappa shape index (κ1) is 12.5. The highest BCUT2D eigenvalue weighted by molar-refractivity contribution is 5.84. The van der Waals surface area contributed by atoms with Gasteiger partial charge < -0.3 is 15.4 Å². The molecular weight excluding hydrogens is 192 g/mol. The number of nitrogens with one attached hydrogen (secondary N) is 2. The molecule has 0 aliphatic carbocycles. The van der Waals surface area contributed by atoms with Gasteiger partial charge in [0.15, 0.2) is 0 Å². The Bertz CT molecular complexity index is 229. The van der Waals surface area contributed by atoms with E-state index in [9.17, 15) is 4.79 Å². The van der Waals surface area contributed by atoms with E-state index in [1.165, 1.54) is 0 Å². The first-order chi connectivity index (χ1) is 6.95. The summed E-state index contributed by atoms with van der Waals surface area (Å²) < 4.78 is 5.14. The van der Waals surface area contributed by atoms with Crippen molar-refractivity contribution in [2.75, 3.05) is 13.7 Å². The number of carbonyl (C=O) groups is 1. The Kier molecular flexibility index (Phi) is 4.11. The van der Waals surface area contributed by atoms with Gasteiger partial charge in [0.25, 0.3) is 5.91 Å². The Morgan fingerprint density at radius 3 is 2.73 bits per heavy atom. The van der Waals surface area contributed by atoms with Gasteiger partial charge in [0.2, 0.25) is 0 Å². The second-order valence-corrected chi connectivity index (χ2v) is 4.76. The van der Waals surface area contributed by atoms with Crippen molar-refractivity contribution in [2.45, 2.75) is 51.3 Å². The van der Waals surface area contributed by atoms with Crippen LogP contribution in [0, 0.1) is 0 Å². The van der Waals surface area contributed by atoms with E-state index in [0.717, 1.165) is 19.4 Å². The number of rotatable bonds is 3. The lowest BCUT2D eigenvalue weighted by Crippen LogP contribution is -2.52. The third-order valence-electron chi connectivity index (χ3n) is 3.02. The number of methoxy groups -OCH3 is 1. The van der Waals surface area contributed by atoms with Crippen molar-refractivity contribution in [3.63, 3.8) is 0 Å². The Morgan fingerprint density at radius 2 is 2.20 bits per heavy atom. The van der Waals surface area contributed by atoms with Gasteiger partial charge in [0.05, 0.1) is 0 Å². The first-order valence-electron chi connectivity index (χ1n) is 5.55. The summed E-state index contributed by atoms with van der Waals surface area (Å²) in [5.74, 6) is -0.0240. The molecule has 2 unspecified atom stereocenters. The molecule has 0 aromatic rings. The lowest BCUT2D eigenvalue weighted by molar-refractivity contribution is -0.140. The fourth-order valence-corrected chi connectivity index (χ4v) is 1.71. The van der Waals surface area contributed by atoms with E-state index in [0.29, 0.717) is 6.04 Å². The summed E-state index contributed by atoms with van der Waals surface area (Å²) in [6.07, 6.45) is 1.99. The standard InChI is InChI=1S/C11H22N2O2/c1-8-7-9(5-6-12-8)13-10(14)11(2,3)15-4/h8-9,12H,5-7H2,1-4H3,(H,13,14). The molecule has 0 saturated carbocycles. The van der Waals surface area contributed by atoms with E-state index >= 15 is 0 Å². The Labute approximate surface area is 91.8 Å². The van der Waals surface area contributed by atoms with Gasteiger partial charge >= 0.3 is 0 Å². The third kappa shape index (κ3) is 3.47. The molecule has 1 rings (SSSR count). The number of carbonyl (C=O) groups excluding carboxylic acids is 1. The van der Waals surface area contributed by atoms with Gasteiger partial charge in [-0.15, -0.1) is 0 Å². The lowest BCUT2D eigenvalue weighted by atomic mass is 9.99. The van der Waals surface area contributed by atoms with Crippen LogP contribution in [0.2, 0.25) is 0 Å². The van der Waals surface area contributed by atoms with E-state index in [4.69, 9.17) is 4.74 Å². The molecule has 15 heavy (non-hydrogen) atoms. The van der Waals surface area contributed by atoms with Crippen LogP contribution in [0.1, 0.15) is 33.6 Å². The molecule has 4 nitrogen and oxygen atoms in total. The maximum Gasteiger partial charge on any atom is 0.251 e. The number of piperidine rings is 1. The molecule has 4 heteroatoms. The molecule has 2 atom stereocenters. The summed E-state index contributed by atoms with van der Waals surface area (Å²) in [4.78, 5) is 11.8. The van der Waals surface area contributed by atoms with Crippen molar-refractivity contribution in [1.82, 2.24) is 10.6 Å². The molecule has 1 saturated heterocycles. The maximum atomic E-state index is 11.8. The van der Waals surface area contributed by atoms with Crippen LogP contribution in [-0.4, -0.2) is 37.2 Å². The van der Waals surface area contributed by atoms with Gasteiger partial charge in [0, 0.05) is 19.2 Å². The Balaban J connectivity index is 2.44. The van der Waals surface area contributed by atoms with E-state index in [1.54, 1.807) is 21.0 Å². The summed E-state index contributed by atoms with van der Waals surface area (Å²) >= 11 is 0. The molecule has 0 bridgehead atoms. The van der Waals surface area contributed by atoms with Crippen molar-refractivity contribution in [3.8, 4) is 0 Å². The van der Waals surface area contributed by atoms with Gasteiger partial charge in [0.1, 0.15) is 5.60 Å². The number of hydrogen-bond acceptors (Lipinski definition) is 3. The van der Waals surface area contributed by atoms with Crippen molar-refractivity contribution in [2.24, 2.45) is 0 Å². The molecule has 0 radical (unpaired) electrons. The van der Waals surface area contributed by atoms with Crippen molar-refractivity contribution in [1.29, 1.82) is 0 Å². The zero-order chi connectivity index (χ0) is 11.5. The van der Waals surface area contributed by atoms with Crippen LogP contribution >= 0.6 is 0 Å². The normalized spacial score (nSPS) is 27.5. The minimum Gasteiger partial charge on any atom is -0.369 e. The van der Waals surface area contributed by atoms with Gasteiger partial charge in [-0.05, 0) is 40.2 Å². The summed E-state index contributed by atoms with van der Waals surface area (Å²) in [5.41, 5.74) is -0.728. The molecule has 88 valence electrons. The highest BCUT2D eigenvalue weighted by Gasteiger charge is 2.30. The van der Waals surface area contributed by atoms with Crippen molar-refractivity contribution in [3.05, 3.63) is 0 Å². The fraction of sp³-hybridized carbons (Fsp3) is 0.909. The Hall–Kier alpha value is -0.610. The highest BCUT2D eigenvalue weighted by atomic mass is 16.5. The second kappa shape index (κ2) is 4.94. The number of amides is 1. The fourth-order valence-electron chi connectivity index (χ4n) is 1.71. The van der Waals surface area contributed by atoms with Crippen molar-refractivity contribution >= 4 is 5.91 Å². The van der Waals surface area contributed by atoms with Gasteiger partial charge in [-0.3, -0.25) is 4.79 Å². The molecule has 0 spiro atoms. The highest BCUT2D eigenvalue weighted by Crippen LogP contribution is 2.12. The van der Waals surface area contributed by atoms with Gasteiger partial charge in [-0.2, -0.15) is 0 Å². The largest absolute Gasteiger partial charge is 0.369 e. The summed E-state index contributed by atoms with van der Waals surface area (Å²) in [7, 11) is 1.56. The average molecular weight is 214 g/mol. The smallest absolute Gasteiger partial charge is 0.251 e. The summed E-state index contributed by atoms with van der Waals surface area (Å²) in [6, 6.07) is 0.762. The minimum atomic E-state index is -0.728. The Morgan fingerprint density at radius 1 is 1.53 bits per heavy atom. The second-order valence-electron chi connectivity index (χ2n) is 4.76. The minimum absolute atomic E-state index is 0.0240. The molecule has 1 aliphatic rings. The van der Waals surface area contributed by atoms with Crippen LogP contribution in [0.3, 0.4) is 0 Å². The predicted molar refractivity (Wildman–Crippen MR) is 59.7 cm³/mol. The average Bonchev–Trinajstić information content (AvgIpc) is 2.17. The van der Waals surface area contributed by atoms with Gasteiger partial charge in [-0.1, -0.05) is 0 Å². The van der Waals surface area contributed by atoms with E-state index in [1.807, 2.05) is 0 Å². The van der Waals surface area contributed by atoms with Crippen LogP contribution in [0.15, 0.2) is 0 Å². The predicted octanol–water partition coefficient (Wildman–Crippen LogP) is 0.668. The molecular formula is C11H22N2O2. The molecule has 2 N–H and O–H groups in total. The van der Waals surface area contributed by atoms with Crippen LogP contribution in [-0.2, 0) is 9.53 Å². The van der Waals surface area contributed by atoms with Crippen molar-refractivity contribution < 1.29 is 9.53 Å². The zero-order valence-corrected chi connectivity index (χ0v) is 10.1. The summed E-state index contributed by atoms with van der Waals surface area (Å²) in [6.45, 7) is 6.68. The van der Waals surface area contributed by atoms with Gasteiger partial charge in [-0.25, -0.2) is 0 Å². The molecule has 1 heterocycles. The zero-order valence-electron chi connectivity index (χ0n) is 10.1. The molecule has 1 aliphatic heterocycles. The molecule has 1 amide bonds. The molecule has 1 fully saturated rings. The van der Waals surface area contributed by atoms with Crippen LogP contribution in [0.25, 0.3) is 0 Å².